The first-order valence-corrected chi connectivity index (χ1v) is 11.3. The Balaban J connectivity index is 0.000000222. The highest BCUT2D eigenvalue weighted by Crippen LogP contribution is 2.28. The van der Waals surface area contributed by atoms with E-state index in [1.807, 2.05) is 30.3 Å². The van der Waals surface area contributed by atoms with Crippen molar-refractivity contribution >= 4 is 31.5 Å². The van der Waals surface area contributed by atoms with Crippen LogP contribution >= 0.6 is 22.4 Å². The predicted molar refractivity (Wildman–Crippen MR) is 103 cm³/mol. The fraction of sp³-hybridized carbons (Fsp3) is 0.176. The zero-order valence-electron chi connectivity index (χ0n) is 14.9. The van der Waals surface area contributed by atoms with E-state index in [1.54, 1.807) is 0 Å². The normalized spacial score (nSPS) is 11.3. The molecule has 0 fully saturated rings. The average molecular weight is 481 g/mol. The van der Waals surface area contributed by atoms with Crippen LogP contribution in [-0.4, -0.2) is 28.4 Å². The lowest BCUT2D eigenvalue weighted by molar-refractivity contribution is 0.141. The van der Waals surface area contributed by atoms with Gasteiger partial charge < -0.3 is 0 Å². The van der Waals surface area contributed by atoms with Gasteiger partial charge in [0.2, 0.25) is 0 Å². The molecule has 0 saturated heterocycles. The van der Waals surface area contributed by atoms with E-state index in [4.69, 9.17) is 10.7 Å². The van der Waals surface area contributed by atoms with Gasteiger partial charge in [0.1, 0.15) is 16.4 Å². The van der Waals surface area contributed by atoms with Crippen LogP contribution in [0, 0.1) is 0 Å². The smallest absolute Gasteiger partial charge is 0.251 e. The van der Waals surface area contributed by atoms with Gasteiger partial charge in [0.25, 0.3) is 21.9 Å². The molecule has 0 saturated carbocycles. The lowest BCUT2D eigenvalue weighted by atomic mass is 10.2. The van der Waals surface area contributed by atoms with Crippen molar-refractivity contribution in [3.05, 3.63) is 72.1 Å². The molecule has 6 nitrogen and oxygen atoms in total. The van der Waals surface area contributed by atoms with Crippen LogP contribution in [0.2, 0.25) is 0 Å². The quantitative estimate of drug-likeness (QED) is 0.277. The monoisotopic (exact) mass is 480 g/mol. The summed E-state index contributed by atoms with van der Waals surface area (Å²) in [4.78, 5) is 14.0. The molecule has 13 heteroatoms. The Kier molecular flexibility index (Phi) is 8.93. The van der Waals surface area contributed by atoms with Crippen molar-refractivity contribution < 1.29 is 26.0 Å². The molecule has 0 amide bonds. The SMILES string of the molecule is FC(F)c1nccnc1SCc1ccccc1.O=S(=O)(Cl)c1nccnc1C(F)F. The van der Waals surface area contributed by atoms with E-state index in [0.29, 0.717) is 10.8 Å². The molecule has 0 aliphatic rings. The van der Waals surface area contributed by atoms with E-state index < -0.39 is 32.6 Å². The van der Waals surface area contributed by atoms with Crippen LogP contribution < -0.4 is 0 Å². The van der Waals surface area contributed by atoms with Gasteiger partial charge in [0.15, 0.2) is 5.03 Å². The van der Waals surface area contributed by atoms with Crippen LogP contribution in [0.4, 0.5) is 17.6 Å². The molecule has 2 aromatic heterocycles. The first-order valence-electron chi connectivity index (χ1n) is 7.99. The summed E-state index contributed by atoms with van der Waals surface area (Å²) < 4.78 is 70.9. The number of thioether (sulfide) groups is 1. The number of hydrogen-bond donors (Lipinski definition) is 0. The van der Waals surface area contributed by atoms with Crippen molar-refractivity contribution in [3.63, 3.8) is 0 Å². The Morgan fingerprint density at radius 1 is 0.833 bits per heavy atom. The summed E-state index contributed by atoms with van der Waals surface area (Å²) in [6, 6.07) is 9.65. The van der Waals surface area contributed by atoms with Crippen molar-refractivity contribution in [2.75, 3.05) is 0 Å². The van der Waals surface area contributed by atoms with Crippen LogP contribution in [0.5, 0.6) is 0 Å². The zero-order chi connectivity index (χ0) is 22.1. The van der Waals surface area contributed by atoms with E-state index in [1.165, 1.54) is 24.2 Å². The van der Waals surface area contributed by atoms with Gasteiger partial charge in [-0.1, -0.05) is 42.1 Å². The average Bonchev–Trinajstić information content (AvgIpc) is 2.73. The first-order chi connectivity index (χ1) is 14.2. The summed E-state index contributed by atoms with van der Waals surface area (Å²) in [5, 5.41) is -0.599. The number of halogens is 5. The largest absolute Gasteiger partial charge is 0.283 e. The highest BCUT2D eigenvalue weighted by Gasteiger charge is 2.24. The fourth-order valence-electron chi connectivity index (χ4n) is 2.00. The van der Waals surface area contributed by atoms with Gasteiger partial charge in [-0.3, -0.25) is 9.97 Å². The maximum absolute atomic E-state index is 12.6. The van der Waals surface area contributed by atoms with Crippen LogP contribution in [-0.2, 0) is 14.8 Å². The minimum Gasteiger partial charge on any atom is -0.251 e. The van der Waals surface area contributed by atoms with Gasteiger partial charge in [0.05, 0.1) is 0 Å². The van der Waals surface area contributed by atoms with Gasteiger partial charge in [0, 0.05) is 41.2 Å². The highest BCUT2D eigenvalue weighted by molar-refractivity contribution is 8.13. The molecule has 3 rings (SSSR count). The molecule has 3 aromatic rings. The molecular weight excluding hydrogens is 468 g/mol. The minimum atomic E-state index is -4.26. The topological polar surface area (TPSA) is 85.7 Å². The Bertz CT molecular complexity index is 1060. The third-order valence-corrected chi connectivity index (χ3v) is 5.53. The third-order valence-electron chi connectivity index (χ3n) is 3.25. The maximum atomic E-state index is 12.6. The van der Waals surface area contributed by atoms with Crippen molar-refractivity contribution in [2.45, 2.75) is 28.7 Å². The molecule has 30 heavy (non-hydrogen) atoms. The van der Waals surface area contributed by atoms with E-state index in [2.05, 4.69) is 19.9 Å². The molecule has 160 valence electrons. The molecule has 0 aliphatic heterocycles. The van der Waals surface area contributed by atoms with Crippen molar-refractivity contribution in [1.29, 1.82) is 0 Å². The standard InChI is InChI=1S/C12H10F2N2S.C5H3ClF2N2O2S/c13-11(14)10-12(16-7-6-15-10)17-8-9-4-2-1-3-5-9;6-13(11,12)5-3(4(7)8)9-1-2-10-5/h1-7,11H,8H2;1-2,4H. The summed E-state index contributed by atoms with van der Waals surface area (Å²) in [7, 11) is 0.584. The summed E-state index contributed by atoms with van der Waals surface area (Å²) in [6.07, 6.45) is -0.944. The second kappa shape index (κ2) is 11.2. The molecule has 0 radical (unpaired) electrons. The third kappa shape index (κ3) is 7.18. The molecule has 0 spiro atoms. The number of rotatable bonds is 6. The number of nitrogens with zero attached hydrogens (tertiary/aromatic N) is 4. The molecule has 1 aromatic carbocycles. The number of alkyl halides is 4. The summed E-state index contributed by atoms with van der Waals surface area (Å²) in [5.41, 5.74) is -0.102. The maximum Gasteiger partial charge on any atom is 0.283 e. The minimum absolute atomic E-state index is 0.242. The van der Waals surface area contributed by atoms with Crippen LogP contribution in [0.15, 0.2) is 65.2 Å². The molecule has 2 heterocycles. The van der Waals surface area contributed by atoms with Gasteiger partial charge in [-0.25, -0.2) is 35.9 Å². The van der Waals surface area contributed by atoms with Gasteiger partial charge in [-0.15, -0.1) is 0 Å². The van der Waals surface area contributed by atoms with Gasteiger partial charge in [-0.05, 0) is 5.56 Å². The molecular formula is C17H13ClF4N4O2S2. The van der Waals surface area contributed by atoms with E-state index in [-0.39, 0.29) is 5.69 Å². The Labute approximate surface area is 178 Å². The number of aromatic nitrogens is 4. The lowest BCUT2D eigenvalue weighted by Crippen LogP contribution is -2.03. The van der Waals surface area contributed by atoms with Gasteiger partial charge in [-0.2, -0.15) is 0 Å². The first kappa shape index (κ1) is 24.0. The second-order valence-corrected chi connectivity index (χ2v) is 8.75. The molecule has 0 N–H and O–H groups in total. The van der Waals surface area contributed by atoms with E-state index >= 15 is 0 Å². The molecule has 0 unspecified atom stereocenters. The number of hydrogen-bond acceptors (Lipinski definition) is 7. The van der Waals surface area contributed by atoms with Crippen molar-refractivity contribution in [3.8, 4) is 0 Å². The highest BCUT2D eigenvalue weighted by atomic mass is 35.7. The Morgan fingerprint density at radius 2 is 1.37 bits per heavy atom. The predicted octanol–water partition coefficient (Wildman–Crippen LogP) is 5.05. The molecule has 0 atom stereocenters. The van der Waals surface area contributed by atoms with Gasteiger partial charge >= 0.3 is 0 Å². The van der Waals surface area contributed by atoms with Crippen molar-refractivity contribution in [2.24, 2.45) is 0 Å². The second-order valence-electron chi connectivity index (χ2n) is 5.31. The fourth-order valence-corrected chi connectivity index (χ4v) is 3.85. The van der Waals surface area contributed by atoms with Crippen LogP contribution in [0.25, 0.3) is 0 Å². The molecule has 0 bridgehead atoms. The Hall–Kier alpha value is -2.31. The van der Waals surface area contributed by atoms with E-state index in [0.717, 1.165) is 18.0 Å². The summed E-state index contributed by atoms with van der Waals surface area (Å²) in [6.45, 7) is 0. The van der Waals surface area contributed by atoms with Crippen LogP contribution in [0.1, 0.15) is 29.8 Å². The summed E-state index contributed by atoms with van der Waals surface area (Å²) >= 11 is 1.27. The van der Waals surface area contributed by atoms with E-state index in [9.17, 15) is 26.0 Å². The lowest BCUT2D eigenvalue weighted by Gasteiger charge is -2.05. The number of benzene rings is 1. The zero-order valence-corrected chi connectivity index (χ0v) is 17.3. The van der Waals surface area contributed by atoms with Crippen molar-refractivity contribution in [1.82, 2.24) is 19.9 Å². The summed E-state index contributed by atoms with van der Waals surface area (Å²) in [5.74, 6) is 0.610. The molecule has 0 aliphatic carbocycles. The van der Waals surface area contributed by atoms with Crippen LogP contribution in [0.3, 0.4) is 0 Å². The Morgan fingerprint density at radius 3 is 1.90 bits per heavy atom.